The van der Waals surface area contributed by atoms with E-state index in [2.05, 4.69) is 6.58 Å². The van der Waals surface area contributed by atoms with Gasteiger partial charge in [-0.25, -0.2) is 0 Å². The van der Waals surface area contributed by atoms with Gasteiger partial charge in [0, 0.05) is 12.0 Å². The van der Waals surface area contributed by atoms with Crippen LogP contribution in [0.5, 0.6) is 11.7 Å². The minimum Gasteiger partial charge on any atom is -0.849 e. The quantitative estimate of drug-likeness (QED) is 0.477. The van der Waals surface area contributed by atoms with Crippen LogP contribution in [-0.2, 0) is 6.42 Å². The minimum absolute atomic E-state index is 0. The molecule has 5 nitrogen and oxygen atoms in total. The molecule has 0 aliphatic heterocycles. The Morgan fingerprint density at radius 1 is 1.33 bits per heavy atom. The van der Waals surface area contributed by atoms with Gasteiger partial charge in [0.05, 0.1) is 14.2 Å². The maximum absolute atomic E-state index is 12.2. The second kappa shape index (κ2) is 10.5. The van der Waals surface area contributed by atoms with E-state index in [1.165, 1.54) is 14.2 Å². The van der Waals surface area contributed by atoms with Crippen molar-refractivity contribution in [3.8, 4) is 11.7 Å². The molecule has 0 amide bonds. The standard InChI is InChI=1S/C18H25O5.Li/c1-11(2)14(19)9-7-12(3)8-10-15-13(4)16(20)17(21-5)18(22-6)23-15;/h8,14H,1,7,9-10H2,2-6H3;/q-1;+1/b12-8+;. The molecule has 128 valence electrons. The monoisotopic (exact) mass is 328 g/mol. The second-order valence-corrected chi connectivity index (χ2v) is 5.63. The Morgan fingerprint density at radius 3 is 2.46 bits per heavy atom. The summed E-state index contributed by atoms with van der Waals surface area (Å²) in [5.41, 5.74) is 1.98. The zero-order valence-electron chi connectivity index (χ0n) is 15.5. The average Bonchev–Trinajstić information content (AvgIpc) is 2.53. The van der Waals surface area contributed by atoms with E-state index >= 15 is 0 Å². The topological polar surface area (TPSA) is 71.7 Å². The summed E-state index contributed by atoms with van der Waals surface area (Å²) in [7, 11) is 2.83. The summed E-state index contributed by atoms with van der Waals surface area (Å²) in [5.74, 6) is 0.682. The largest absolute Gasteiger partial charge is 1.00 e. The molecule has 1 unspecified atom stereocenters. The molecule has 1 aromatic heterocycles. The van der Waals surface area contributed by atoms with E-state index < -0.39 is 6.10 Å². The van der Waals surface area contributed by atoms with Crippen LogP contribution in [-0.4, -0.2) is 20.3 Å². The van der Waals surface area contributed by atoms with E-state index in [0.717, 1.165) is 5.57 Å². The second-order valence-electron chi connectivity index (χ2n) is 5.63. The Labute approximate surface area is 155 Å². The maximum atomic E-state index is 12.2. The zero-order valence-corrected chi connectivity index (χ0v) is 15.5. The fourth-order valence-electron chi connectivity index (χ4n) is 2.10. The van der Waals surface area contributed by atoms with E-state index in [9.17, 15) is 9.90 Å². The van der Waals surface area contributed by atoms with Gasteiger partial charge in [-0.15, -0.1) is 12.7 Å². The Morgan fingerprint density at radius 2 is 1.96 bits per heavy atom. The number of ether oxygens (including phenoxy) is 2. The molecule has 0 aliphatic rings. The van der Waals surface area contributed by atoms with Gasteiger partial charge in [-0.1, -0.05) is 23.6 Å². The van der Waals surface area contributed by atoms with Crippen molar-refractivity contribution in [2.45, 2.75) is 46.1 Å². The van der Waals surface area contributed by atoms with Crippen LogP contribution in [0.25, 0.3) is 0 Å². The Balaban J connectivity index is 0.00000529. The Hall–Kier alpha value is -1.41. The summed E-state index contributed by atoms with van der Waals surface area (Å²) in [6, 6.07) is 0. The van der Waals surface area contributed by atoms with Crippen LogP contribution in [0.3, 0.4) is 0 Å². The van der Waals surface area contributed by atoms with Crippen molar-refractivity contribution in [3.63, 3.8) is 0 Å². The molecule has 24 heavy (non-hydrogen) atoms. The summed E-state index contributed by atoms with van der Waals surface area (Å²) < 4.78 is 15.7. The van der Waals surface area contributed by atoms with E-state index in [0.29, 0.717) is 36.2 Å². The fraction of sp³-hybridized carbons (Fsp3) is 0.500. The van der Waals surface area contributed by atoms with Gasteiger partial charge < -0.3 is 19.0 Å². The van der Waals surface area contributed by atoms with Crippen molar-refractivity contribution in [3.05, 3.63) is 45.3 Å². The van der Waals surface area contributed by atoms with E-state index in [-0.39, 0.29) is 36.0 Å². The van der Waals surface area contributed by atoms with Crippen LogP contribution >= 0.6 is 0 Å². The van der Waals surface area contributed by atoms with Crippen LogP contribution in [0.4, 0.5) is 0 Å². The van der Waals surface area contributed by atoms with Gasteiger partial charge in [-0.2, -0.15) is 0 Å². The summed E-state index contributed by atoms with van der Waals surface area (Å²) in [6.45, 7) is 9.08. The molecule has 0 saturated carbocycles. The molecule has 1 rings (SSSR count). The molecule has 0 spiro atoms. The van der Waals surface area contributed by atoms with Crippen molar-refractivity contribution in [2.75, 3.05) is 14.2 Å². The smallest absolute Gasteiger partial charge is 0.849 e. The summed E-state index contributed by atoms with van der Waals surface area (Å²) in [6.07, 6.45) is 2.90. The molecule has 0 radical (unpaired) electrons. The normalized spacial score (nSPS) is 12.3. The summed E-state index contributed by atoms with van der Waals surface area (Å²) >= 11 is 0. The molecular weight excluding hydrogens is 303 g/mol. The van der Waals surface area contributed by atoms with Gasteiger partial charge >= 0.3 is 24.8 Å². The van der Waals surface area contributed by atoms with Gasteiger partial charge in [-0.05, 0) is 27.2 Å². The van der Waals surface area contributed by atoms with Gasteiger partial charge in [0.2, 0.25) is 11.2 Å². The third kappa shape index (κ3) is 5.90. The molecule has 0 bridgehead atoms. The van der Waals surface area contributed by atoms with Crippen molar-refractivity contribution in [2.24, 2.45) is 0 Å². The molecule has 0 N–H and O–H groups in total. The minimum atomic E-state index is -0.737. The third-order valence-electron chi connectivity index (χ3n) is 3.74. The predicted octanol–water partition coefficient (Wildman–Crippen LogP) is -0.457. The van der Waals surface area contributed by atoms with Crippen LogP contribution in [0.1, 0.15) is 38.0 Å². The molecule has 0 aliphatic carbocycles. The number of rotatable bonds is 8. The molecule has 1 atom stereocenters. The first kappa shape index (κ1) is 22.6. The maximum Gasteiger partial charge on any atom is 1.00 e. The van der Waals surface area contributed by atoms with Crippen LogP contribution in [0.15, 0.2) is 33.0 Å². The predicted molar refractivity (Wildman–Crippen MR) is 88.1 cm³/mol. The number of allylic oxidation sites excluding steroid dienone is 2. The van der Waals surface area contributed by atoms with Crippen LogP contribution in [0.2, 0.25) is 0 Å². The van der Waals surface area contributed by atoms with Crippen molar-refractivity contribution < 1.29 is 37.9 Å². The molecule has 1 heterocycles. The Bertz CT molecular complexity index is 646. The molecule has 0 fully saturated rings. The first-order valence-electron chi connectivity index (χ1n) is 7.53. The van der Waals surface area contributed by atoms with Crippen LogP contribution in [0, 0.1) is 6.92 Å². The van der Waals surface area contributed by atoms with Gasteiger partial charge in [0.25, 0.3) is 0 Å². The first-order chi connectivity index (χ1) is 10.8. The van der Waals surface area contributed by atoms with Crippen molar-refractivity contribution >= 4 is 0 Å². The molecule has 0 saturated heterocycles. The van der Waals surface area contributed by atoms with E-state index in [4.69, 9.17) is 13.9 Å². The fourth-order valence-corrected chi connectivity index (χ4v) is 2.10. The van der Waals surface area contributed by atoms with E-state index in [1.54, 1.807) is 13.8 Å². The summed E-state index contributed by atoms with van der Waals surface area (Å²) in [5, 5.41) is 11.6. The molecule has 6 heteroatoms. The van der Waals surface area contributed by atoms with Gasteiger partial charge in [0.15, 0.2) is 0 Å². The van der Waals surface area contributed by atoms with Crippen LogP contribution < -0.4 is 38.9 Å². The zero-order chi connectivity index (χ0) is 17.6. The van der Waals surface area contributed by atoms with Gasteiger partial charge in [0.1, 0.15) is 5.76 Å². The number of hydrogen-bond acceptors (Lipinski definition) is 5. The summed E-state index contributed by atoms with van der Waals surface area (Å²) in [4.78, 5) is 12.2. The molecular formula is C18H25LiO5. The van der Waals surface area contributed by atoms with E-state index in [1.807, 2.05) is 13.0 Å². The van der Waals surface area contributed by atoms with Crippen molar-refractivity contribution in [1.29, 1.82) is 0 Å². The number of hydrogen-bond donors (Lipinski definition) is 0. The average molecular weight is 328 g/mol. The Kier molecular flexibility index (Phi) is 9.84. The first-order valence-corrected chi connectivity index (χ1v) is 7.53. The SMILES string of the molecule is C=C(C)C([O-])CC/C(C)=C/Cc1oc(OC)c(OC)c(=O)c1C.[Li+]. The van der Waals surface area contributed by atoms with Crippen molar-refractivity contribution in [1.82, 2.24) is 0 Å². The molecule has 0 aromatic carbocycles. The number of methoxy groups -OCH3 is 2. The molecule has 1 aromatic rings. The third-order valence-corrected chi connectivity index (χ3v) is 3.74. The van der Waals surface area contributed by atoms with Gasteiger partial charge in [-0.3, -0.25) is 4.79 Å².